The summed E-state index contributed by atoms with van der Waals surface area (Å²) in [5.41, 5.74) is 4.84. The van der Waals surface area contributed by atoms with Crippen molar-refractivity contribution in [2.45, 2.75) is 44.2 Å². The van der Waals surface area contributed by atoms with Gasteiger partial charge in [-0.1, -0.05) is 12.2 Å². The Morgan fingerprint density at radius 3 is 2.42 bits per heavy atom. The van der Waals surface area contributed by atoms with Crippen molar-refractivity contribution in [3.63, 3.8) is 0 Å². The highest BCUT2D eigenvalue weighted by Crippen LogP contribution is 2.23. The summed E-state index contributed by atoms with van der Waals surface area (Å²) in [5, 5.41) is 3.03. The van der Waals surface area contributed by atoms with Crippen LogP contribution in [0.15, 0.2) is 0 Å². The number of amides is 1. The van der Waals surface area contributed by atoms with Gasteiger partial charge in [-0.15, -0.1) is 0 Å². The molecule has 1 rings (SSSR count). The number of ether oxygens (including phenoxy) is 1. The van der Waals surface area contributed by atoms with Crippen LogP contribution in [0.3, 0.4) is 0 Å². The van der Waals surface area contributed by atoms with E-state index in [-0.39, 0.29) is 5.91 Å². The fourth-order valence-electron chi connectivity index (χ4n) is 2.20. The molecule has 110 valence electrons. The van der Waals surface area contributed by atoms with Crippen LogP contribution in [0.25, 0.3) is 0 Å². The lowest BCUT2D eigenvalue weighted by atomic mass is 9.87. The molecule has 0 saturated carbocycles. The zero-order chi connectivity index (χ0) is 14.7. The Morgan fingerprint density at radius 2 is 2.00 bits per heavy atom. The van der Waals surface area contributed by atoms with Crippen molar-refractivity contribution in [2.75, 3.05) is 27.2 Å². The Bertz CT molecular complexity index is 350. The summed E-state index contributed by atoms with van der Waals surface area (Å²) in [7, 11) is 3.66. The molecule has 1 saturated heterocycles. The van der Waals surface area contributed by atoms with E-state index >= 15 is 0 Å². The quantitative estimate of drug-likeness (QED) is 0.728. The normalized spacial score (nSPS) is 20.0. The molecule has 19 heavy (non-hydrogen) atoms. The van der Waals surface area contributed by atoms with Gasteiger partial charge < -0.3 is 20.7 Å². The predicted octanol–water partition coefficient (Wildman–Crippen LogP) is 0.668. The lowest BCUT2D eigenvalue weighted by Crippen LogP contribution is -2.61. The fraction of sp³-hybridized carbons (Fsp3) is 0.846. The van der Waals surface area contributed by atoms with Crippen LogP contribution in [-0.2, 0) is 9.53 Å². The first-order valence-electron chi connectivity index (χ1n) is 6.55. The average Bonchev–Trinajstić information content (AvgIpc) is 2.31. The van der Waals surface area contributed by atoms with Crippen molar-refractivity contribution >= 4 is 23.1 Å². The zero-order valence-electron chi connectivity index (χ0n) is 12.3. The standard InChI is InChI=1S/C13H25N3O2S/c1-12(2,18-4)9-10(17)15-13(11(14)19)5-7-16(3)8-6-13/h5-9H2,1-4H3,(H2,14,19)(H,15,17). The molecule has 1 heterocycles. The Labute approximate surface area is 120 Å². The molecular formula is C13H25N3O2S. The Balaban J connectivity index is 2.70. The Hall–Kier alpha value is -0.720. The summed E-state index contributed by atoms with van der Waals surface area (Å²) < 4.78 is 5.27. The minimum absolute atomic E-state index is 0.0656. The van der Waals surface area contributed by atoms with Crippen molar-refractivity contribution in [2.24, 2.45) is 5.73 Å². The van der Waals surface area contributed by atoms with Crippen LogP contribution in [0.5, 0.6) is 0 Å². The zero-order valence-corrected chi connectivity index (χ0v) is 13.1. The lowest BCUT2D eigenvalue weighted by Gasteiger charge is -2.41. The van der Waals surface area contributed by atoms with Gasteiger partial charge in [0.2, 0.25) is 5.91 Å². The molecule has 1 aliphatic rings. The molecule has 0 atom stereocenters. The van der Waals surface area contributed by atoms with Gasteiger partial charge in [-0.05, 0) is 33.7 Å². The molecule has 1 amide bonds. The van der Waals surface area contributed by atoms with Crippen molar-refractivity contribution in [1.82, 2.24) is 10.2 Å². The summed E-state index contributed by atoms with van der Waals surface area (Å²) >= 11 is 5.17. The maximum Gasteiger partial charge on any atom is 0.223 e. The van der Waals surface area contributed by atoms with Crippen LogP contribution in [0.4, 0.5) is 0 Å². The number of carbonyl (C=O) groups excluding carboxylic acids is 1. The van der Waals surface area contributed by atoms with Crippen LogP contribution in [0.1, 0.15) is 33.1 Å². The molecule has 6 heteroatoms. The van der Waals surface area contributed by atoms with E-state index in [1.165, 1.54) is 0 Å². The van der Waals surface area contributed by atoms with Crippen molar-refractivity contribution in [1.29, 1.82) is 0 Å². The summed E-state index contributed by atoms with van der Waals surface area (Å²) in [4.78, 5) is 14.7. The monoisotopic (exact) mass is 287 g/mol. The first kappa shape index (κ1) is 16.3. The molecule has 0 unspecified atom stereocenters. The van der Waals surface area contributed by atoms with E-state index in [1.54, 1.807) is 7.11 Å². The molecule has 0 bridgehead atoms. The second-order valence-corrected chi connectivity index (χ2v) is 6.38. The molecule has 0 radical (unpaired) electrons. The van der Waals surface area contributed by atoms with Gasteiger partial charge in [0.1, 0.15) is 0 Å². The number of nitrogens with one attached hydrogen (secondary N) is 1. The van der Waals surface area contributed by atoms with E-state index in [0.29, 0.717) is 11.4 Å². The van der Waals surface area contributed by atoms with Crippen molar-refractivity contribution in [3.05, 3.63) is 0 Å². The molecule has 3 N–H and O–H groups in total. The highest BCUT2D eigenvalue weighted by Gasteiger charge is 2.38. The van der Waals surface area contributed by atoms with Gasteiger partial charge in [0.25, 0.3) is 0 Å². The van der Waals surface area contributed by atoms with Crippen LogP contribution in [0, 0.1) is 0 Å². The van der Waals surface area contributed by atoms with E-state index in [4.69, 9.17) is 22.7 Å². The number of likely N-dealkylation sites (tertiary alicyclic amines) is 1. The van der Waals surface area contributed by atoms with Gasteiger partial charge in [-0.2, -0.15) is 0 Å². The van der Waals surface area contributed by atoms with E-state index in [0.717, 1.165) is 25.9 Å². The third kappa shape index (κ3) is 4.40. The highest BCUT2D eigenvalue weighted by atomic mass is 32.1. The number of methoxy groups -OCH3 is 1. The van der Waals surface area contributed by atoms with Gasteiger partial charge in [0.15, 0.2) is 0 Å². The number of rotatable bonds is 5. The second kappa shape index (κ2) is 6.15. The number of nitrogens with zero attached hydrogens (tertiary/aromatic N) is 1. The van der Waals surface area contributed by atoms with Crippen LogP contribution < -0.4 is 11.1 Å². The largest absolute Gasteiger partial charge is 0.391 e. The molecule has 0 aromatic heterocycles. The summed E-state index contributed by atoms with van der Waals surface area (Å²) in [6.07, 6.45) is 1.82. The van der Waals surface area contributed by atoms with E-state index in [1.807, 2.05) is 13.8 Å². The number of thiocarbonyl (C=S) groups is 1. The van der Waals surface area contributed by atoms with E-state index in [9.17, 15) is 4.79 Å². The summed E-state index contributed by atoms with van der Waals surface area (Å²) in [5.74, 6) is -0.0656. The lowest BCUT2D eigenvalue weighted by molar-refractivity contribution is -0.127. The SMILES string of the molecule is COC(C)(C)CC(=O)NC1(C(N)=S)CCN(C)CC1. The first-order valence-corrected chi connectivity index (χ1v) is 6.96. The van der Waals surface area contributed by atoms with Gasteiger partial charge >= 0.3 is 0 Å². The minimum atomic E-state index is -0.539. The van der Waals surface area contributed by atoms with E-state index in [2.05, 4.69) is 17.3 Å². The third-order valence-corrected chi connectivity index (χ3v) is 4.22. The maximum atomic E-state index is 12.2. The molecule has 0 aromatic rings. The highest BCUT2D eigenvalue weighted by molar-refractivity contribution is 7.80. The smallest absolute Gasteiger partial charge is 0.223 e. The number of hydrogen-bond donors (Lipinski definition) is 2. The van der Waals surface area contributed by atoms with Gasteiger partial charge in [-0.25, -0.2) is 0 Å². The Morgan fingerprint density at radius 1 is 1.47 bits per heavy atom. The molecule has 0 aromatic carbocycles. The van der Waals surface area contributed by atoms with Gasteiger partial charge in [0.05, 0.1) is 22.5 Å². The van der Waals surface area contributed by atoms with Gasteiger partial charge in [0, 0.05) is 20.2 Å². The average molecular weight is 287 g/mol. The topological polar surface area (TPSA) is 67.6 Å². The molecule has 1 fully saturated rings. The molecule has 0 spiro atoms. The van der Waals surface area contributed by atoms with E-state index < -0.39 is 11.1 Å². The van der Waals surface area contributed by atoms with Crippen molar-refractivity contribution < 1.29 is 9.53 Å². The van der Waals surface area contributed by atoms with Gasteiger partial charge in [-0.3, -0.25) is 4.79 Å². The van der Waals surface area contributed by atoms with Crippen LogP contribution in [0.2, 0.25) is 0 Å². The van der Waals surface area contributed by atoms with Crippen LogP contribution in [-0.4, -0.2) is 54.2 Å². The second-order valence-electron chi connectivity index (χ2n) is 5.94. The minimum Gasteiger partial charge on any atom is -0.391 e. The Kier molecular flexibility index (Phi) is 5.29. The number of hydrogen-bond acceptors (Lipinski definition) is 4. The predicted molar refractivity (Wildman–Crippen MR) is 80.1 cm³/mol. The molecular weight excluding hydrogens is 262 g/mol. The molecule has 0 aliphatic carbocycles. The number of nitrogens with two attached hydrogens (primary N) is 1. The van der Waals surface area contributed by atoms with Crippen LogP contribution >= 0.6 is 12.2 Å². The summed E-state index contributed by atoms with van der Waals surface area (Å²) in [6, 6.07) is 0. The number of carbonyl (C=O) groups is 1. The third-order valence-electron chi connectivity index (χ3n) is 3.83. The first-order chi connectivity index (χ1) is 8.71. The number of piperidine rings is 1. The fourth-order valence-corrected chi connectivity index (χ4v) is 2.46. The molecule has 5 nitrogen and oxygen atoms in total. The summed E-state index contributed by atoms with van der Waals surface area (Å²) in [6.45, 7) is 5.53. The maximum absolute atomic E-state index is 12.2. The molecule has 1 aliphatic heterocycles. The van der Waals surface area contributed by atoms with Crippen molar-refractivity contribution in [3.8, 4) is 0 Å².